The first-order valence-corrected chi connectivity index (χ1v) is 6.26. The van der Waals surface area contributed by atoms with E-state index in [1.165, 1.54) is 7.11 Å². The van der Waals surface area contributed by atoms with Gasteiger partial charge >= 0.3 is 5.97 Å². The Balaban J connectivity index is 2.44. The van der Waals surface area contributed by atoms with E-state index in [0.29, 0.717) is 19.4 Å². The van der Waals surface area contributed by atoms with E-state index in [1.54, 1.807) is 18.4 Å². The Bertz CT molecular complexity index is 354. The van der Waals surface area contributed by atoms with Gasteiger partial charge in [-0.2, -0.15) is 0 Å². The second-order valence-corrected chi connectivity index (χ2v) is 4.45. The highest BCUT2D eigenvalue weighted by molar-refractivity contribution is 7.13. The van der Waals surface area contributed by atoms with Crippen molar-refractivity contribution in [2.24, 2.45) is 0 Å². The normalized spacial score (nSPS) is 10.3. The molecule has 0 saturated carbocycles. The minimum atomic E-state index is -0.202. The number of methoxy groups -OCH3 is 2. The molecule has 17 heavy (non-hydrogen) atoms. The zero-order chi connectivity index (χ0) is 12.7. The van der Waals surface area contributed by atoms with Gasteiger partial charge in [0.2, 0.25) is 0 Å². The van der Waals surface area contributed by atoms with Crippen molar-refractivity contribution in [1.29, 1.82) is 0 Å². The standard InChI is InChI=1S/C11H18N2O3S/c1-13(6-7-15-2)11-12-9(8-17-11)4-5-10(14)16-3/h8H,4-7H2,1-3H3. The van der Waals surface area contributed by atoms with Gasteiger partial charge in [-0.05, 0) is 0 Å². The average molecular weight is 258 g/mol. The van der Waals surface area contributed by atoms with Crippen LogP contribution < -0.4 is 4.90 Å². The third-order valence-electron chi connectivity index (χ3n) is 2.31. The summed E-state index contributed by atoms with van der Waals surface area (Å²) in [6.45, 7) is 1.48. The topological polar surface area (TPSA) is 51.7 Å². The second kappa shape index (κ2) is 7.24. The van der Waals surface area contributed by atoms with Crippen LogP contribution >= 0.6 is 11.3 Å². The summed E-state index contributed by atoms with van der Waals surface area (Å²) in [5, 5.41) is 2.92. The molecule has 0 unspecified atom stereocenters. The van der Waals surface area contributed by atoms with Crippen LogP contribution in [0.4, 0.5) is 5.13 Å². The van der Waals surface area contributed by atoms with Gasteiger partial charge in [0.1, 0.15) is 0 Å². The fourth-order valence-electron chi connectivity index (χ4n) is 1.24. The van der Waals surface area contributed by atoms with E-state index in [2.05, 4.69) is 9.72 Å². The molecule has 0 aliphatic heterocycles. The largest absolute Gasteiger partial charge is 0.469 e. The third-order valence-corrected chi connectivity index (χ3v) is 3.31. The van der Waals surface area contributed by atoms with E-state index >= 15 is 0 Å². The summed E-state index contributed by atoms with van der Waals surface area (Å²) in [5.41, 5.74) is 0.930. The number of rotatable bonds is 7. The lowest BCUT2D eigenvalue weighted by atomic mass is 10.2. The van der Waals surface area contributed by atoms with Crippen LogP contribution in [-0.4, -0.2) is 45.4 Å². The number of hydrogen-bond acceptors (Lipinski definition) is 6. The summed E-state index contributed by atoms with van der Waals surface area (Å²) >= 11 is 1.57. The zero-order valence-electron chi connectivity index (χ0n) is 10.4. The van der Waals surface area contributed by atoms with E-state index in [4.69, 9.17) is 4.74 Å². The van der Waals surface area contributed by atoms with Crippen LogP contribution in [0.25, 0.3) is 0 Å². The number of aryl methyl sites for hydroxylation is 1. The molecule has 0 fully saturated rings. The van der Waals surface area contributed by atoms with Gasteiger partial charge in [0, 0.05) is 32.5 Å². The molecule has 0 aliphatic rings. The van der Waals surface area contributed by atoms with Crippen molar-refractivity contribution in [1.82, 2.24) is 4.98 Å². The molecule has 0 N–H and O–H groups in total. The summed E-state index contributed by atoms with van der Waals surface area (Å²) in [6.07, 6.45) is 1.00. The number of hydrogen-bond donors (Lipinski definition) is 0. The lowest BCUT2D eigenvalue weighted by molar-refractivity contribution is -0.140. The number of nitrogens with zero attached hydrogens (tertiary/aromatic N) is 2. The fraction of sp³-hybridized carbons (Fsp3) is 0.636. The number of anilines is 1. The minimum Gasteiger partial charge on any atom is -0.469 e. The number of thiazole rings is 1. The number of aromatic nitrogens is 1. The maximum Gasteiger partial charge on any atom is 0.305 e. The number of likely N-dealkylation sites (N-methyl/N-ethyl adjacent to an activating group) is 1. The minimum absolute atomic E-state index is 0.202. The van der Waals surface area contributed by atoms with Gasteiger partial charge in [-0.25, -0.2) is 4.98 Å². The Hall–Kier alpha value is -1.14. The average Bonchev–Trinajstić information content (AvgIpc) is 2.81. The van der Waals surface area contributed by atoms with Crippen LogP contribution in [0.15, 0.2) is 5.38 Å². The SMILES string of the molecule is COCCN(C)c1nc(CCC(=O)OC)cs1. The highest BCUT2D eigenvalue weighted by Gasteiger charge is 2.08. The summed E-state index contributed by atoms with van der Waals surface area (Å²) in [4.78, 5) is 17.5. The first kappa shape index (κ1) is 13.9. The summed E-state index contributed by atoms with van der Waals surface area (Å²) in [7, 11) is 5.05. The maximum atomic E-state index is 11.0. The molecule has 0 aliphatic carbocycles. The number of esters is 1. The van der Waals surface area contributed by atoms with Gasteiger partial charge in [-0.3, -0.25) is 4.79 Å². The van der Waals surface area contributed by atoms with Crippen LogP contribution in [-0.2, 0) is 20.7 Å². The summed E-state index contributed by atoms with van der Waals surface area (Å²) in [6, 6.07) is 0. The Morgan fingerprint density at radius 3 is 2.94 bits per heavy atom. The number of carbonyl (C=O) groups is 1. The van der Waals surface area contributed by atoms with Crippen LogP contribution in [0.5, 0.6) is 0 Å². The molecule has 0 bridgehead atoms. The van der Waals surface area contributed by atoms with Gasteiger partial charge in [-0.15, -0.1) is 11.3 Å². The van der Waals surface area contributed by atoms with Crippen LogP contribution in [0.3, 0.4) is 0 Å². The summed E-state index contributed by atoms with van der Waals surface area (Å²) in [5.74, 6) is -0.202. The van der Waals surface area contributed by atoms with Gasteiger partial charge in [-0.1, -0.05) is 0 Å². The van der Waals surface area contributed by atoms with Crippen molar-refractivity contribution >= 4 is 22.4 Å². The van der Waals surface area contributed by atoms with Crippen LogP contribution in [0, 0.1) is 0 Å². The predicted molar refractivity (Wildman–Crippen MR) is 67.6 cm³/mol. The van der Waals surface area contributed by atoms with Gasteiger partial charge in [0.25, 0.3) is 0 Å². The molecule has 1 aromatic rings. The van der Waals surface area contributed by atoms with Crippen LogP contribution in [0.1, 0.15) is 12.1 Å². The molecule has 96 valence electrons. The number of carbonyl (C=O) groups excluding carboxylic acids is 1. The molecule has 0 radical (unpaired) electrons. The van der Waals surface area contributed by atoms with Gasteiger partial charge in [0.05, 0.1) is 25.8 Å². The van der Waals surface area contributed by atoms with E-state index in [-0.39, 0.29) is 5.97 Å². The lowest BCUT2D eigenvalue weighted by Crippen LogP contribution is -2.21. The molecule has 5 nitrogen and oxygen atoms in total. The Labute approximate surface area is 105 Å². The highest BCUT2D eigenvalue weighted by Crippen LogP contribution is 2.19. The molecule has 0 aromatic carbocycles. The first-order valence-electron chi connectivity index (χ1n) is 5.38. The molecule has 1 rings (SSSR count). The Morgan fingerprint density at radius 1 is 1.53 bits per heavy atom. The Kier molecular flexibility index (Phi) is 5.93. The number of ether oxygens (including phenoxy) is 2. The van der Waals surface area contributed by atoms with Crippen LogP contribution in [0.2, 0.25) is 0 Å². The molecule has 0 atom stereocenters. The molecule has 1 heterocycles. The molecule has 6 heteroatoms. The van der Waals surface area contributed by atoms with Crippen molar-refractivity contribution in [3.63, 3.8) is 0 Å². The van der Waals surface area contributed by atoms with Gasteiger partial charge < -0.3 is 14.4 Å². The van der Waals surface area contributed by atoms with Crippen molar-refractivity contribution in [3.8, 4) is 0 Å². The van der Waals surface area contributed by atoms with Gasteiger partial charge in [0.15, 0.2) is 5.13 Å². The molecule has 1 aromatic heterocycles. The molecule has 0 saturated heterocycles. The lowest BCUT2D eigenvalue weighted by Gasteiger charge is -2.14. The van der Waals surface area contributed by atoms with E-state index in [0.717, 1.165) is 17.4 Å². The smallest absolute Gasteiger partial charge is 0.305 e. The monoisotopic (exact) mass is 258 g/mol. The third kappa shape index (κ3) is 4.70. The second-order valence-electron chi connectivity index (χ2n) is 3.61. The maximum absolute atomic E-state index is 11.0. The predicted octanol–water partition coefficient (Wildman–Crippen LogP) is 1.33. The molecule has 0 spiro atoms. The van der Waals surface area contributed by atoms with Crippen molar-refractivity contribution in [3.05, 3.63) is 11.1 Å². The molecular weight excluding hydrogens is 240 g/mol. The van der Waals surface area contributed by atoms with Crippen molar-refractivity contribution < 1.29 is 14.3 Å². The van der Waals surface area contributed by atoms with E-state index in [1.807, 2.05) is 17.3 Å². The Morgan fingerprint density at radius 2 is 2.29 bits per heavy atom. The molecule has 0 amide bonds. The summed E-state index contributed by atoms with van der Waals surface area (Å²) < 4.78 is 9.60. The molecular formula is C11H18N2O3S. The fourth-order valence-corrected chi connectivity index (χ4v) is 2.10. The first-order chi connectivity index (χ1) is 8.17. The van der Waals surface area contributed by atoms with E-state index < -0.39 is 0 Å². The quantitative estimate of drug-likeness (QED) is 0.691. The van der Waals surface area contributed by atoms with Crippen molar-refractivity contribution in [2.75, 3.05) is 39.3 Å². The van der Waals surface area contributed by atoms with Crippen molar-refractivity contribution in [2.45, 2.75) is 12.8 Å². The van der Waals surface area contributed by atoms with E-state index in [9.17, 15) is 4.79 Å². The zero-order valence-corrected chi connectivity index (χ0v) is 11.2. The highest BCUT2D eigenvalue weighted by atomic mass is 32.1.